The van der Waals surface area contributed by atoms with Gasteiger partial charge in [0.1, 0.15) is 17.4 Å². The van der Waals surface area contributed by atoms with Gasteiger partial charge in [0, 0.05) is 22.5 Å². The van der Waals surface area contributed by atoms with Crippen molar-refractivity contribution in [3.63, 3.8) is 0 Å². The topological polar surface area (TPSA) is 34.1 Å². The maximum absolute atomic E-state index is 5.98. The molecule has 0 bridgehead atoms. The predicted molar refractivity (Wildman–Crippen MR) is 89.2 cm³/mol. The molecule has 0 atom stereocenters. The van der Waals surface area contributed by atoms with Gasteiger partial charge in [-0.05, 0) is 45.4 Å². The van der Waals surface area contributed by atoms with E-state index in [9.17, 15) is 0 Å². The SMILES string of the molecule is Cc1ccc(Cl)cc1OCc1csc(CNC(C)(C)C)n1. The van der Waals surface area contributed by atoms with Crippen LogP contribution in [0.5, 0.6) is 5.75 Å². The fourth-order valence-corrected chi connectivity index (χ4v) is 2.60. The molecular weight excluding hydrogens is 304 g/mol. The van der Waals surface area contributed by atoms with Crippen LogP contribution >= 0.6 is 22.9 Å². The largest absolute Gasteiger partial charge is 0.487 e. The Balaban J connectivity index is 1.92. The minimum Gasteiger partial charge on any atom is -0.487 e. The molecule has 0 aliphatic heterocycles. The highest BCUT2D eigenvalue weighted by Gasteiger charge is 2.10. The van der Waals surface area contributed by atoms with Gasteiger partial charge in [0.15, 0.2) is 0 Å². The summed E-state index contributed by atoms with van der Waals surface area (Å²) >= 11 is 7.64. The van der Waals surface area contributed by atoms with E-state index in [1.165, 1.54) is 0 Å². The third-order valence-corrected chi connectivity index (χ3v) is 4.03. The van der Waals surface area contributed by atoms with Crippen molar-refractivity contribution in [1.82, 2.24) is 10.3 Å². The second-order valence-corrected chi connectivity index (χ2v) is 7.41. The molecule has 114 valence electrons. The second-order valence-electron chi connectivity index (χ2n) is 6.03. The standard InChI is InChI=1S/C16H21ClN2OS/c1-11-5-6-12(17)7-14(11)20-9-13-10-21-15(19-13)8-18-16(2,3)4/h5-7,10,18H,8-9H2,1-4H3. The van der Waals surface area contributed by atoms with Crippen LogP contribution < -0.4 is 10.1 Å². The van der Waals surface area contributed by atoms with Gasteiger partial charge >= 0.3 is 0 Å². The van der Waals surface area contributed by atoms with Crippen LogP contribution in [0.25, 0.3) is 0 Å². The average Bonchev–Trinajstić information content (AvgIpc) is 2.85. The summed E-state index contributed by atoms with van der Waals surface area (Å²) in [4.78, 5) is 4.58. The van der Waals surface area contributed by atoms with Crippen LogP contribution in [0.15, 0.2) is 23.6 Å². The number of thiazole rings is 1. The Bertz CT molecular complexity index is 605. The monoisotopic (exact) mass is 324 g/mol. The number of benzene rings is 1. The first-order valence-electron chi connectivity index (χ1n) is 6.91. The molecule has 0 fully saturated rings. The lowest BCUT2D eigenvalue weighted by molar-refractivity contribution is 0.299. The van der Waals surface area contributed by atoms with Gasteiger partial charge in [0.25, 0.3) is 0 Å². The summed E-state index contributed by atoms with van der Waals surface area (Å²) in [5.41, 5.74) is 2.12. The number of hydrogen-bond acceptors (Lipinski definition) is 4. The molecule has 2 aromatic rings. The van der Waals surface area contributed by atoms with E-state index in [0.29, 0.717) is 11.6 Å². The highest BCUT2D eigenvalue weighted by atomic mass is 35.5. The summed E-state index contributed by atoms with van der Waals surface area (Å²) in [7, 11) is 0. The van der Waals surface area contributed by atoms with Gasteiger partial charge in [-0.2, -0.15) is 0 Å². The molecule has 0 aliphatic rings. The fraction of sp³-hybridized carbons (Fsp3) is 0.438. The van der Waals surface area contributed by atoms with Crippen LogP contribution in [0.3, 0.4) is 0 Å². The molecule has 0 saturated heterocycles. The third-order valence-electron chi connectivity index (χ3n) is 2.89. The van der Waals surface area contributed by atoms with Gasteiger partial charge in [0.05, 0.1) is 5.69 Å². The molecule has 0 spiro atoms. The number of aromatic nitrogens is 1. The summed E-state index contributed by atoms with van der Waals surface area (Å²) in [6, 6.07) is 5.66. The molecule has 0 amide bonds. The lowest BCUT2D eigenvalue weighted by atomic mass is 10.1. The Morgan fingerprint density at radius 3 is 2.81 bits per heavy atom. The Labute approximate surface area is 135 Å². The van der Waals surface area contributed by atoms with Crippen molar-refractivity contribution in [1.29, 1.82) is 0 Å². The summed E-state index contributed by atoms with van der Waals surface area (Å²) in [6.45, 7) is 9.69. The highest BCUT2D eigenvalue weighted by molar-refractivity contribution is 7.09. The minimum absolute atomic E-state index is 0.0975. The Kier molecular flexibility index (Phi) is 5.25. The minimum atomic E-state index is 0.0975. The normalized spacial score (nSPS) is 11.7. The van der Waals surface area contributed by atoms with Gasteiger partial charge in [-0.15, -0.1) is 11.3 Å². The number of halogens is 1. The summed E-state index contributed by atoms with van der Waals surface area (Å²) in [5, 5.41) is 7.23. The molecule has 1 aromatic carbocycles. The smallest absolute Gasteiger partial charge is 0.131 e. The number of nitrogens with one attached hydrogen (secondary N) is 1. The molecule has 5 heteroatoms. The molecule has 1 N–H and O–H groups in total. The summed E-state index contributed by atoms with van der Waals surface area (Å²) in [5.74, 6) is 0.810. The molecule has 3 nitrogen and oxygen atoms in total. The van der Waals surface area contributed by atoms with Gasteiger partial charge in [-0.25, -0.2) is 4.98 Å². The van der Waals surface area contributed by atoms with Crippen molar-refractivity contribution < 1.29 is 4.74 Å². The van der Waals surface area contributed by atoms with E-state index < -0.39 is 0 Å². The van der Waals surface area contributed by atoms with Crippen molar-refractivity contribution in [2.75, 3.05) is 0 Å². The molecule has 1 heterocycles. The maximum Gasteiger partial charge on any atom is 0.131 e. The highest BCUT2D eigenvalue weighted by Crippen LogP contribution is 2.23. The van der Waals surface area contributed by atoms with Gasteiger partial charge in [-0.1, -0.05) is 17.7 Å². The third kappa shape index (κ3) is 5.30. The van der Waals surface area contributed by atoms with Crippen LogP contribution in [-0.2, 0) is 13.2 Å². The van der Waals surface area contributed by atoms with E-state index in [-0.39, 0.29) is 5.54 Å². The zero-order chi connectivity index (χ0) is 15.5. The van der Waals surface area contributed by atoms with E-state index in [1.54, 1.807) is 11.3 Å². The lowest BCUT2D eigenvalue weighted by Gasteiger charge is -2.19. The first kappa shape index (κ1) is 16.3. The van der Waals surface area contributed by atoms with Crippen LogP contribution in [0, 0.1) is 6.92 Å². The molecule has 0 radical (unpaired) electrons. The van der Waals surface area contributed by atoms with E-state index in [4.69, 9.17) is 16.3 Å². The van der Waals surface area contributed by atoms with Crippen LogP contribution in [0.1, 0.15) is 37.0 Å². The van der Waals surface area contributed by atoms with Crippen LogP contribution in [-0.4, -0.2) is 10.5 Å². The molecule has 21 heavy (non-hydrogen) atoms. The number of nitrogens with zero attached hydrogens (tertiary/aromatic N) is 1. The fourth-order valence-electron chi connectivity index (χ4n) is 1.72. The van der Waals surface area contributed by atoms with Crippen molar-refractivity contribution in [3.05, 3.63) is 44.9 Å². The van der Waals surface area contributed by atoms with Crippen LogP contribution in [0.2, 0.25) is 5.02 Å². The zero-order valence-corrected chi connectivity index (χ0v) is 14.4. The van der Waals surface area contributed by atoms with Crippen LogP contribution in [0.4, 0.5) is 0 Å². The lowest BCUT2D eigenvalue weighted by Crippen LogP contribution is -2.35. The van der Waals surface area contributed by atoms with Crippen molar-refractivity contribution in [3.8, 4) is 5.75 Å². The molecule has 1 aromatic heterocycles. The van der Waals surface area contributed by atoms with Crippen molar-refractivity contribution >= 4 is 22.9 Å². The molecule has 0 saturated carbocycles. The average molecular weight is 325 g/mol. The number of rotatable bonds is 5. The Morgan fingerprint density at radius 2 is 2.10 bits per heavy atom. The molecule has 2 rings (SSSR count). The van der Waals surface area contributed by atoms with Crippen molar-refractivity contribution in [2.24, 2.45) is 0 Å². The maximum atomic E-state index is 5.98. The van der Waals surface area contributed by atoms with Gasteiger partial charge < -0.3 is 10.1 Å². The van der Waals surface area contributed by atoms with Gasteiger partial charge in [-0.3, -0.25) is 0 Å². The zero-order valence-electron chi connectivity index (χ0n) is 12.9. The second kappa shape index (κ2) is 6.77. The molecular formula is C16H21ClN2OS. The van der Waals surface area contributed by atoms with E-state index in [1.807, 2.05) is 30.5 Å². The van der Waals surface area contributed by atoms with E-state index in [2.05, 4.69) is 31.1 Å². The van der Waals surface area contributed by atoms with Gasteiger partial charge in [0.2, 0.25) is 0 Å². The Morgan fingerprint density at radius 1 is 1.33 bits per heavy atom. The van der Waals surface area contributed by atoms with Crippen molar-refractivity contribution in [2.45, 2.75) is 46.4 Å². The number of ether oxygens (including phenoxy) is 1. The first-order valence-corrected chi connectivity index (χ1v) is 8.16. The number of aryl methyl sites for hydroxylation is 1. The summed E-state index contributed by atoms with van der Waals surface area (Å²) < 4.78 is 5.80. The number of hydrogen-bond donors (Lipinski definition) is 1. The predicted octanol–water partition coefficient (Wildman–Crippen LogP) is 4.57. The summed E-state index contributed by atoms with van der Waals surface area (Å²) in [6.07, 6.45) is 0. The van der Waals surface area contributed by atoms with E-state index >= 15 is 0 Å². The Hall–Kier alpha value is -1.10. The first-order chi connectivity index (χ1) is 9.83. The quantitative estimate of drug-likeness (QED) is 0.874. The van der Waals surface area contributed by atoms with E-state index in [0.717, 1.165) is 28.6 Å². The molecule has 0 unspecified atom stereocenters. The molecule has 0 aliphatic carbocycles.